The van der Waals surface area contributed by atoms with Gasteiger partial charge in [-0.3, -0.25) is 20.2 Å². The van der Waals surface area contributed by atoms with Gasteiger partial charge in [-0.25, -0.2) is 4.52 Å². The molecular weight excluding hydrogens is 425 g/mol. The highest BCUT2D eigenvalue weighted by Gasteiger charge is 2.16. The molecule has 4 aromatic rings. The van der Waals surface area contributed by atoms with Crippen molar-refractivity contribution in [3.8, 4) is 11.3 Å². The highest BCUT2D eigenvalue weighted by molar-refractivity contribution is 7.15. The Bertz CT molecular complexity index is 1220. The summed E-state index contributed by atoms with van der Waals surface area (Å²) < 4.78 is 1.56. The van der Waals surface area contributed by atoms with Crippen LogP contribution in [0.1, 0.15) is 10.4 Å². The molecule has 0 unspecified atom stereocenters. The minimum absolute atomic E-state index is 0.0970. The number of nitro groups is 1. The van der Waals surface area contributed by atoms with Crippen LogP contribution in [0.25, 0.3) is 16.2 Å². The summed E-state index contributed by atoms with van der Waals surface area (Å²) in [6, 6.07) is 10.3. The van der Waals surface area contributed by atoms with Gasteiger partial charge in [0.1, 0.15) is 0 Å². The largest absolute Gasteiger partial charge is 0.289 e. The molecule has 0 atom stereocenters. The van der Waals surface area contributed by atoms with Crippen molar-refractivity contribution in [1.82, 2.24) is 14.6 Å². The third-order valence-corrected chi connectivity index (χ3v) is 5.23. The highest BCUT2D eigenvalue weighted by Crippen LogP contribution is 2.33. The van der Waals surface area contributed by atoms with Crippen molar-refractivity contribution in [1.29, 1.82) is 0 Å². The number of anilines is 1. The van der Waals surface area contributed by atoms with Gasteiger partial charge in [0, 0.05) is 33.7 Å². The smallest absolute Gasteiger partial charge is 0.269 e. The van der Waals surface area contributed by atoms with Crippen molar-refractivity contribution in [2.45, 2.75) is 0 Å². The SMILES string of the molecule is O=C(Nc1nc2scc(-c3cc(Cl)ccc3Cl)n2n1)c1ccc([N+](=O)[O-])cc1. The standard InChI is InChI=1S/C17H9Cl2N5O3S/c18-10-3-6-13(19)12(7-10)14-8-28-17-21-16(22-23(14)17)20-15(25)9-1-4-11(5-2-9)24(26)27/h1-8H,(H,20,22,25). The van der Waals surface area contributed by atoms with Gasteiger partial charge in [-0.1, -0.05) is 23.2 Å². The zero-order valence-electron chi connectivity index (χ0n) is 13.8. The molecule has 2 heterocycles. The van der Waals surface area contributed by atoms with Crippen molar-refractivity contribution < 1.29 is 9.72 Å². The Kier molecular flexibility index (Phi) is 4.71. The van der Waals surface area contributed by atoms with Gasteiger partial charge in [0.15, 0.2) is 0 Å². The van der Waals surface area contributed by atoms with Gasteiger partial charge in [0.05, 0.1) is 15.6 Å². The highest BCUT2D eigenvalue weighted by atomic mass is 35.5. The number of nitro benzene ring substituents is 1. The number of fused-ring (bicyclic) bond motifs is 1. The lowest BCUT2D eigenvalue weighted by atomic mass is 10.2. The normalized spacial score (nSPS) is 10.9. The maximum Gasteiger partial charge on any atom is 0.269 e. The van der Waals surface area contributed by atoms with Crippen LogP contribution >= 0.6 is 34.5 Å². The van der Waals surface area contributed by atoms with Crippen molar-refractivity contribution in [3.63, 3.8) is 0 Å². The van der Waals surface area contributed by atoms with E-state index in [0.717, 1.165) is 0 Å². The molecule has 0 aliphatic rings. The lowest BCUT2D eigenvalue weighted by Gasteiger charge is -2.03. The molecule has 0 bridgehead atoms. The number of hydrogen-bond acceptors (Lipinski definition) is 6. The summed E-state index contributed by atoms with van der Waals surface area (Å²) in [6.07, 6.45) is 0. The molecule has 1 amide bonds. The summed E-state index contributed by atoms with van der Waals surface area (Å²) in [5.74, 6) is -0.370. The van der Waals surface area contributed by atoms with Crippen molar-refractivity contribution in [2.75, 3.05) is 5.32 Å². The molecule has 4 rings (SSSR count). The Morgan fingerprint density at radius 2 is 1.93 bits per heavy atom. The lowest BCUT2D eigenvalue weighted by Crippen LogP contribution is -2.13. The molecule has 2 aromatic carbocycles. The van der Waals surface area contributed by atoms with E-state index in [1.165, 1.54) is 35.6 Å². The van der Waals surface area contributed by atoms with Gasteiger partial charge in [-0.2, -0.15) is 4.98 Å². The molecule has 0 radical (unpaired) electrons. The third-order valence-electron chi connectivity index (χ3n) is 3.85. The van der Waals surface area contributed by atoms with E-state index in [1.807, 2.05) is 5.38 Å². The Morgan fingerprint density at radius 1 is 1.18 bits per heavy atom. The summed E-state index contributed by atoms with van der Waals surface area (Å²) in [5.41, 5.74) is 1.54. The number of amides is 1. The molecule has 140 valence electrons. The van der Waals surface area contributed by atoms with Crippen LogP contribution in [0.3, 0.4) is 0 Å². The van der Waals surface area contributed by atoms with Crippen molar-refractivity contribution >= 4 is 57.0 Å². The van der Waals surface area contributed by atoms with Crippen LogP contribution in [0, 0.1) is 10.1 Å². The summed E-state index contributed by atoms with van der Waals surface area (Å²) >= 11 is 13.7. The first-order chi connectivity index (χ1) is 13.4. The monoisotopic (exact) mass is 433 g/mol. The fourth-order valence-corrected chi connectivity index (χ4v) is 3.73. The minimum atomic E-state index is -0.533. The zero-order valence-corrected chi connectivity index (χ0v) is 16.1. The van der Waals surface area contributed by atoms with Crippen molar-refractivity contribution in [3.05, 3.63) is 73.6 Å². The number of non-ortho nitro benzene ring substituents is 1. The van der Waals surface area contributed by atoms with Gasteiger partial charge in [-0.05, 0) is 30.3 Å². The molecule has 0 fully saturated rings. The van der Waals surface area contributed by atoms with E-state index >= 15 is 0 Å². The molecule has 0 aliphatic carbocycles. The number of nitrogens with zero attached hydrogens (tertiary/aromatic N) is 4. The fourth-order valence-electron chi connectivity index (χ4n) is 2.52. The number of benzene rings is 2. The molecule has 0 saturated heterocycles. The molecule has 2 aromatic heterocycles. The first-order valence-corrected chi connectivity index (χ1v) is 9.41. The van der Waals surface area contributed by atoms with Gasteiger partial charge >= 0.3 is 0 Å². The predicted octanol–water partition coefficient (Wildman–Crippen LogP) is 4.93. The molecule has 11 heteroatoms. The average Bonchev–Trinajstić information content (AvgIpc) is 3.24. The first kappa shape index (κ1) is 18.4. The molecule has 8 nitrogen and oxygen atoms in total. The Labute approximate surface area is 171 Å². The van der Waals surface area contributed by atoms with Crippen LogP contribution in [0.2, 0.25) is 10.0 Å². The van der Waals surface area contributed by atoms with Crippen LogP contribution in [-0.2, 0) is 0 Å². The van der Waals surface area contributed by atoms with Crippen LogP contribution in [-0.4, -0.2) is 25.4 Å². The van der Waals surface area contributed by atoms with E-state index in [1.54, 1.807) is 22.7 Å². The first-order valence-electron chi connectivity index (χ1n) is 7.78. The zero-order chi connectivity index (χ0) is 19.8. The number of halogens is 2. The Hall–Kier alpha value is -3.01. The number of aromatic nitrogens is 3. The molecule has 0 aliphatic heterocycles. The second kappa shape index (κ2) is 7.19. The third kappa shape index (κ3) is 3.42. The quantitative estimate of drug-likeness (QED) is 0.363. The molecule has 1 N–H and O–H groups in total. The molecular formula is C17H9Cl2N5O3S. The van der Waals surface area contributed by atoms with Gasteiger partial charge in [-0.15, -0.1) is 16.4 Å². The number of rotatable bonds is 4. The van der Waals surface area contributed by atoms with E-state index in [4.69, 9.17) is 23.2 Å². The van der Waals surface area contributed by atoms with Crippen LogP contribution in [0.15, 0.2) is 47.8 Å². The maximum absolute atomic E-state index is 12.3. The molecule has 0 spiro atoms. The number of hydrogen-bond donors (Lipinski definition) is 1. The topological polar surface area (TPSA) is 102 Å². The van der Waals surface area contributed by atoms with Crippen LogP contribution in [0.5, 0.6) is 0 Å². The van der Waals surface area contributed by atoms with Gasteiger partial charge in [0.2, 0.25) is 4.96 Å². The van der Waals surface area contributed by atoms with Crippen molar-refractivity contribution in [2.24, 2.45) is 0 Å². The van der Waals surface area contributed by atoms with E-state index < -0.39 is 10.8 Å². The number of carbonyl (C=O) groups excluding carboxylic acids is 1. The summed E-state index contributed by atoms with van der Waals surface area (Å²) in [7, 11) is 0. The average molecular weight is 434 g/mol. The molecule has 0 saturated carbocycles. The maximum atomic E-state index is 12.3. The van der Waals surface area contributed by atoms with E-state index in [9.17, 15) is 14.9 Å². The van der Waals surface area contributed by atoms with E-state index in [-0.39, 0.29) is 17.2 Å². The predicted molar refractivity (Wildman–Crippen MR) is 107 cm³/mol. The van der Waals surface area contributed by atoms with E-state index in [0.29, 0.717) is 26.3 Å². The van der Waals surface area contributed by atoms with Crippen LogP contribution < -0.4 is 5.32 Å². The number of nitrogens with one attached hydrogen (secondary N) is 1. The van der Waals surface area contributed by atoms with Crippen LogP contribution in [0.4, 0.5) is 11.6 Å². The van der Waals surface area contributed by atoms with Gasteiger partial charge in [0.25, 0.3) is 17.5 Å². The minimum Gasteiger partial charge on any atom is -0.289 e. The fraction of sp³-hybridized carbons (Fsp3) is 0. The number of thiazole rings is 1. The molecule has 28 heavy (non-hydrogen) atoms. The van der Waals surface area contributed by atoms with Gasteiger partial charge < -0.3 is 0 Å². The summed E-state index contributed by atoms with van der Waals surface area (Å²) in [4.78, 5) is 27.3. The lowest BCUT2D eigenvalue weighted by molar-refractivity contribution is -0.384. The number of carbonyl (C=O) groups is 1. The van der Waals surface area contributed by atoms with E-state index in [2.05, 4.69) is 15.4 Å². The second-order valence-corrected chi connectivity index (χ2v) is 7.31. The Morgan fingerprint density at radius 3 is 2.64 bits per heavy atom. The summed E-state index contributed by atoms with van der Waals surface area (Å²) in [5, 5.41) is 20.5. The summed E-state index contributed by atoms with van der Waals surface area (Å²) in [6.45, 7) is 0. The second-order valence-electron chi connectivity index (χ2n) is 5.63. The Balaban J connectivity index is 1.62.